The second kappa shape index (κ2) is 9.75. The number of hydrogen-bond donors (Lipinski definition) is 1. The number of para-hydroxylation sites is 1. The molecule has 0 unspecified atom stereocenters. The molecular weight excluding hydrogens is 328 g/mol. The highest BCUT2D eigenvalue weighted by atomic mass is 16.5. The predicted molar refractivity (Wildman–Crippen MR) is 104 cm³/mol. The summed E-state index contributed by atoms with van der Waals surface area (Å²) in [6, 6.07) is 9.54. The van der Waals surface area contributed by atoms with E-state index in [2.05, 4.69) is 29.1 Å². The van der Waals surface area contributed by atoms with Gasteiger partial charge in [-0.3, -0.25) is 4.79 Å². The molecular formula is C20H28N4O2. The summed E-state index contributed by atoms with van der Waals surface area (Å²) in [7, 11) is 1.65. The lowest BCUT2D eigenvalue weighted by molar-refractivity contribution is 0.0749. The molecule has 140 valence electrons. The van der Waals surface area contributed by atoms with Gasteiger partial charge >= 0.3 is 0 Å². The molecule has 0 fully saturated rings. The number of aromatic nitrogens is 2. The van der Waals surface area contributed by atoms with Crippen LogP contribution in [0.15, 0.2) is 30.3 Å². The summed E-state index contributed by atoms with van der Waals surface area (Å²) in [6.07, 6.45) is 1.85. The Morgan fingerprint density at radius 2 is 1.85 bits per heavy atom. The number of amides is 1. The van der Waals surface area contributed by atoms with E-state index < -0.39 is 0 Å². The number of anilines is 1. The number of ether oxygens (including phenoxy) is 1. The average molecular weight is 356 g/mol. The predicted octanol–water partition coefficient (Wildman–Crippen LogP) is 3.67. The molecule has 1 heterocycles. The van der Waals surface area contributed by atoms with Crippen molar-refractivity contribution < 1.29 is 9.53 Å². The largest absolute Gasteiger partial charge is 0.496 e. The normalized spacial score (nSPS) is 10.5. The Hall–Kier alpha value is -2.63. The second-order valence-electron chi connectivity index (χ2n) is 6.14. The zero-order chi connectivity index (χ0) is 18.9. The quantitative estimate of drug-likeness (QED) is 0.742. The molecule has 1 aromatic carbocycles. The standard InChI is InChI=1S/C20H28N4O2/c1-5-11-24(12-6-2)20(25)17-13-19(23-15(3)22-17)21-14-16-9-7-8-10-18(16)26-4/h7-10,13H,5-6,11-12,14H2,1-4H3,(H,21,22,23). The van der Waals surface area contributed by atoms with E-state index in [9.17, 15) is 4.79 Å². The van der Waals surface area contributed by atoms with Crippen molar-refractivity contribution >= 4 is 11.7 Å². The lowest BCUT2D eigenvalue weighted by Crippen LogP contribution is -2.33. The van der Waals surface area contributed by atoms with Crippen LogP contribution in [0.2, 0.25) is 0 Å². The van der Waals surface area contributed by atoms with Gasteiger partial charge in [-0.05, 0) is 25.8 Å². The number of hydrogen-bond acceptors (Lipinski definition) is 5. The van der Waals surface area contributed by atoms with Gasteiger partial charge < -0.3 is 15.0 Å². The van der Waals surface area contributed by atoms with Gasteiger partial charge in [0.05, 0.1) is 7.11 Å². The van der Waals surface area contributed by atoms with Crippen LogP contribution >= 0.6 is 0 Å². The number of benzene rings is 1. The van der Waals surface area contributed by atoms with Crippen LogP contribution in [0.25, 0.3) is 0 Å². The van der Waals surface area contributed by atoms with Crippen LogP contribution in [0, 0.1) is 6.92 Å². The van der Waals surface area contributed by atoms with Crippen LogP contribution in [0.3, 0.4) is 0 Å². The first-order valence-corrected chi connectivity index (χ1v) is 9.09. The van der Waals surface area contributed by atoms with Crippen LogP contribution in [-0.2, 0) is 6.54 Å². The maximum atomic E-state index is 12.8. The smallest absolute Gasteiger partial charge is 0.272 e. The van der Waals surface area contributed by atoms with Crippen LogP contribution in [0.4, 0.5) is 5.82 Å². The summed E-state index contributed by atoms with van der Waals surface area (Å²) >= 11 is 0. The SMILES string of the molecule is CCCN(CCC)C(=O)c1cc(NCc2ccccc2OC)nc(C)n1. The molecule has 0 aliphatic heterocycles. The van der Waals surface area contributed by atoms with E-state index in [1.54, 1.807) is 20.1 Å². The van der Waals surface area contributed by atoms with E-state index in [0.717, 1.165) is 37.2 Å². The average Bonchev–Trinajstić information content (AvgIpc) is 2.65. The first-order chi connectivity index (χ1) is 12.6. The molecule has 26 heavy (non-hydrogen) atoms. The van der Waals surface area contributed by atoms with Gasteiger partial charge in [-0.15, -0.1) is 0 Å². The van der Waals surface area contributed by atoms with Crippen molar-refractivity contribution in [2.75, 3.05) is 25.5 Å². The fourth-order valence-corrected chi connectivity index (χ4v) is 2.82. The fourth-order valence-electron chi connectivity index (χ4n) is 2.82. The highest BCUT2D eigenvalue weighted by molar-refractivity contribution is 5.93. The molecule has 0 bridgehead atoms. The van der Waals surface area contributed by atoms with E-state index in [4.69, 9.17) is 4.74 Å². The first-order valence-electron chi connectivity index (χ1n) is 9.09. The van der Waals surface area contributed by atoms with Gasteiger partial charge in [0, 0.05) is 31.3 Å². The number of nitrogens with one attached hydrogen (secondary N) is 1. The molecule has 6 nitrogen and oxygen atoms in total. The molecule has 0 aliphatic carbocycles. The molecule has 2 rings (SSSR count). The highest BCUT2D eigenvalue weighted by Gasteiger charge is 2.17. The third-order valence-corrected chi connectivity index (χ3v) is 3.98. The Morgan fingerprint density at radius 3 is 2.50 bits per heavy atom. The number of nitrogens with zero attached hydrogens (tertiary/aromatic N) is 3. The van der Waals surface area contributed by atoms with E-state index in [-0.39, 0.29) is 5.91 Å². The van der Waals surface area contributed by atoms with E-state index in [0.29, 0.717) is 23.9 Å². The van der Waals surface area contributed by atoms with Crippen molar-refractivity contribution in [1.29, 1.82) is 0 Å². The van der Waals surface area contributed by atoms with Gasteiger partial charge in [0.25, 0.3) is 5.91 Å². The van der Waals surface area contributed by atoms with E-state index in [1.807, 2.05) is 29.2 Å². The van der Waals surface area contributed by atoms with Gasteiger partial charge in [0.1, 0.15) is 23.1 Å². The maximum absolute atomic E-state index is 12.8. The molecule has 0 saturated carbocycles. The molecule has 1 amide bonds. The van der Waals surface area contributed by atoms with Crippen molar-refractivity contribution in [3.8, 4) is 5.75 Å². The van der Waals surface area contributed by atoms with Crippen molar-refractivity contribution in [2.45, 2.75) is 40.2 Å². The Balaban J connectivity index is 2.17. The molecule has 0 saturated heterocycles. The maximum Gasteiger partial charge on any atom is 0.272 e. The summed E-state index contributed by atoms with van der Waals surface area (Å²) in [6.45, 7) is 7.97. The van der Waals surface area contributed by atoms with Gasteiger partial charge in [-0.2, -0.15) is 0 Å². The molecule has 2 aromatic rings. The van der Waals surface area contributed by atoms with Gasteiger partial charge in [0.2, 0.25) is 0 Å². The summed E-state index contributed by atoms with van der Waals surface area (Å²) in [5.74, 6) is 1.99. The molecule has 6 heteroatoms. The van der Waals surface area contributed by atoms with Crippen molar-refractivity contribution in [1.82, 2.24) is 14.9 Å². The molecule has 0 aliphatic rings. The molecule has 0 spiro atoms. The lowest BCUT2D eigenvalue weighted by Gasteiger charge is -2.21. The molecule has 1 aromatic heterocycles. The minimum absolute atomic E-state index is 0.0421. The Bertz CT molecular complexity index is 728. The first kappa shape index (κ1) is 19.7. The number of methoxy groups -OCH3 is 1. The van der Waals surface area contributed by atoms with Crippen LogP contribution in [-0.4, -0.2) is 41.0 Å². The Morgan fingerprint density at radius 1 is 1.15 bits per heavy atom. The summed E-state index contributed by atoms with van der Waals surface area (Å²) < 4.78 is 5.37. The summed E-state index contributed by atoms with van der Waals surface area (Å²) in [5, 5.41) is 3.27. The number of rotatable bonds is 9. The minimum atomic E-state index is -0.0421. The van der Waals surface area contributed by atoms with E-state index in [1.165, 1.54) is 0 Å². The monoisotopic (exact) mass is 356 g/mol. The number of carbonyl (C=O) groups is 1. The van der Waals surface area contributed by atoms with Gasteiger partial charge in [0.15, 0.2) is 0 Å². The van der Waals surface area contributed by atoms with Crippen LogP contribution < -0.4 is 10.1 Å². The highest BCUT2D eigenvalue weighted by Crippen LogP contribution is 2.19. The van der Waals surface area contributed by atoms with Crippen molar-refractivity contribution in [3.63, 3.8) is 0 Å². The van der Waals surface area contributed by atoms with Crippen LogP contribution in [0.1, 0.15) is 48.6 Å². The second-order valence-corrected chi connectivity index (χ2v) is 6.14. The van der Waals surface area contributed by atoms with Gasteiger partial charge in [-0.25, -0.2) is 9.97 Å². The van der Waals surface area contributed by atoms with E-state index >= 15 is 0 Å². The molecule has 0 radical (unpaired) electrons. The van der Waals surface area contributed by atoms with Gasteiger partial charge in [-0.1, -0.05) is 32.0 Å². The zero-order valence-electron chi connectivity index (χ0n) is 16.1. The Kier molecular flexibility index (Phi) is 7.38. The Labute approximate surface area is 155 Å². The van der Waals surface area contributed by atoms with Crippen LogP contribution in [0.5, 0.6) is 5.75 Å². The zero-order valence-corrected chi connectivity index (χ0v) is 16.1. The topological polar surface area (TPSA) is 67.4 Å². The third kappa shape index (κ3) is 5.18. The third-order valence-electron chi connectivity index (χ3n) is 3.98. The minimum Gasteiger partial charge on any atom is -0.496 e. The fraction of sp³-hybridized carbons (Fsp3) is 0.450. The number of aryl methyl sites for hydroxylation is 1. The number of carbonyl (C=O) groups excluding carboxylic acids is 1. The van der Waals surface area contributed by atoms with Crippen molar-refractivity contribution in [2.24, 2.45) is 0 Å². The van der Waals surface area contributed by atoms with Crippen molar-refractivity contribution in [3.05, 3.63) is 47.4 Å². The molecule has 0 atom stereocenters. The lowest BCUT2D eigenvalue weighted by atomic mass is 10.2. The summed E-state index contributed by atoms with van der Waals surface area (Å²) in [4.78, 5) is 23.4. The molecule has 1 N–H and O–H groups in total. The summed E-state index contributed by atoms with van der Waals surface area (Å²) in [5.41, 5.74) is 1.46.